The van der Waals surface area contributed by atoms with Gasteiger partial charge in [-0.15, -0.1) is 12.3 Å². The van der Waals surface area contributed by atoms with Gasteiger partial charge in [-0.05, 0) is 188 Å². The number of pyridine rings is 1. The molecule has 102 heavy (non-hydrogen) atoms. The number of likely N-dealkylation sites (N-methyl/N-ethyl adjacent to an activating group) is 5. The molecule has 5 saturated heterocycles. The maximum atomic E-state index is 12.7. The van der Waals surface area contributed by atoms with Crippen molar-refractivity contribution < 1.29 is 37.8 Å². The quantitative estimate of drug-likeness (QED) is 0.0661. The Balaban J connectivity index is -0.000000519. The Morgan fingerprint density at radius 3 is 1.38 bits per heavy atom. The maximum absolute atomic E-state index is 12.7. The number of carbonyl (C=O) groups is 5. The van der Waals surface area contributed by atoms with Crippen LogP contribution in [0.15, 0.2) is 104 Å². The van der Waals surface area contributed by atoms with Gasteiger partial charge in [-0.2, -0.15) is 0 Å². The smallest absolute Gasteiger partial charge is 0.329 e. The molecule has 0 spiro atoms. The van der Waals surface area contributed by atoms with Crippen LogP contribution in [-0.4, -0.2) is 255 Å². The minimum atomic E-state index is -0.510. The number of terminal acetylenes is 1. The summed E-state index contributed by atoms with van der Waals surface area (Å²) in [7, 11) is 17.3. The third kappa shape index (κ3) is 63.0. The van der Waals surface area contributed by atoms with Crippen molar-refractivity contribution in [2.24, 2.45) is 0 Å². The van der Waals surface area contributed by atoms with Crippen molar-refractivity contribution in [3.63, 3.8) is 0 Å². The van der Waals surface area contributed by atoms with E-state index in [-0.39, 0.29) is 42.0 Å². The van der Waals surface area contributed by atoms with E-state index in [2.05, 4.69) is 159 Å². The van der Waals surface area contributed by atoms with E-state index < -0.39 is 5.82 Å². The average molecular weight is 1450 g/mol. The Kier molecular flexibility index (Phi) is 68.5. The van der Waals surface area contributed by atoms with Crippen LogP contribution >= 0.6 is 11.6 Å². The highest BCUT2D eigenvalue weighted by molar-refractivity contribution is 6.31. The second kappa shape index (κ2) is 68.7. The first-order valence-electron chi connectivity index (χ1n) is 35.6. The number of aryl methyl sites for hydroxylation is 2. The van der Waals surface area contributed by atoms with Crippen LogP contribution in [-0.2, 0) is 37.1 Å². The number of nitrogens with one attached hydrogen (secondary N) is 5. The Morgan fingerprint density at radius 2 is 1.02 bits per heavy atom. The van der Waals surface area contributed by atoms with Gasteiger partial charge in [0.1, 0.15) is 11.6 Å². The molecule has 0 saturated carbocycles. The number of rotatable bonds is 12. The molecule has 5 N–H and O–H groups in total. The molecular weight excluding hydrogens is 1310 g/mol. The van der Waals surface area contributed by atoms with Gasteiger partial charge in [0.15, 0.2) is 5.78 Å². The van der Waals surface area contributed by atoms with Crippen LogP contribution in [0.25, 0.3) is 0 Å². The standard InChI is InChI=1S/C9H11NO.C9H12O.C8H8ClFN2O.C7H16N4O.C7H16N2.C7H9NO.C7H15N.C6H14N2.C6H13N.C5H8O.C4H8O.C3H4.CH4/c1-7-4-3-5-9(6-7)10-8(2)11;1-8-4-3-5-9(6-8)7-10-2;1-11-8(13)12-5-2-3-7(10)6(9)4-5;1-8-7(12)9-11-5-3-10(2)4-6-11;1-3-9-6-4-8(2)5-7-9;1-9-6-7-4-2-3-5-8-7;1-2-8-6-4-3-5-7-8;1-7-3-5-8(2)6-4-7;1-7-5-3-2-4-6-7;1-3-5(6)4-2;1-3-4(2)5;1-3-2;/h3-6H,1-2H3,(H,10,11);3-6H,7H2,1-2H3;2-4H,1H3,(H2,11,12,13);3-6H2,1-2H3,(H2,8,9,12);3-7H2,1-2H3;2-5H,6H2,1H3;2-7H2,1H3;3-6H2,1-2H3;2-6H2,1H3;3H,1,4H2,2H3;3H2,1-2H3;1H,2H3;1H4. The van der Waals surface area contributed by atoms with Crippen molar-refractivity contribution in [1.29, 1.82) is 0 Å². The van der Waals surface area contributed by atoms with Crippen molar-refractivity contribution >= 4 is 52.5 Å². The number of hydrogen-bond donors (Lipinski definition) is 5. The summed E-state index contributed by atoms with van der Waals surface area (Å²) in [5, 5.41) is 12.0. The van der Waals surface area contributed by atoms with E-state index in [1.165, 1.54) is 180 Å². The van der Waals surface area contributed by atoms with Gasteiger partial charge in [0.25, 0.3) is 0 Å². The molecule has 5 aliphatic rings. The molecule has 21 nitrogen and oxygen atoms in total. The zero-order valence-electron chi connectivity index (χ0n) is 65.5. The number of carbonyl (C=O) groups excluding carboxylic acids is 5. The number of allylic oxidation sites excluding steroid dienone is 1. The van der Waals surface area contributed by atoms with Gasteiger partial charge in [-0.3, -0.25) is 20.0 Å². The molecule has 5 aliphatic heterocycles. The number of benzene rings is 3. The van der Waals surface area contributed by atoms with E-state index in [9.17, 15) is 28.4 Å². The number of piperidine rings is 2. The average Bonchev–Trinajstić information content (AvgIpc) is 0.898. The number of Topliss-reactive ketones (excluding diaryl/α,β-unsaturated/α-hetero) is 1. The molecule has 0 atom stereocenters. The number of amides is 5. The summed E-state index contributed by atoms with van der Waals surface area (Å²) in [6, 6.07) is 25.2. The molecule has 580 valence electrons. The lowest BCUT2D eigenvalue weighted by Crippen LogP contribution is -2.54. The van der Waals surface area contributed by atoms with Crippen molar-refractivity contribution in [1.82, 2.24) is 60.4 Å². The molecule has 1 aromatic heterocycles. The summed E-state index contributed by atoms with van der Waals surface area (Å²) in [5.74, 6) is 2.07. The lowest BCUT2D eigenvalue weighted by Gasteiger charge is -2.32. The second-order valence-electron chi connectivity index (χ2n) is 24.6. The fourth-order valence-electron chi connectivity index (χ4n) is 8.95. The van der Waals surface area contributed by atoms with Crippen LogP contribution in [0.5, 0.6) is 0 Å². The van der Waals surface area contributed by atoms with E-state index in [1.54, 1.807) is 41.3 Å². The minimum Gasteiger partial charge on any atom is -0.380 e. The largest absolute Gasteiger partial charge is 0.380 e. The van der Waals surface area contributed by atoms with Gasteiger partial charge in [-0.25, -0.2) is 19.0 Å². The molecule has 9 rings (SSSR count). The Bertz CT molecular complexity index is 2740. The Hall–Kier alpha value is -6.72. The predicted molar refractivity (Wildman–Crippen MR) is 428 cm³/mol. The highest BCUT2D eigenvalue weighted by Crippen LogP contribution is 2.19. The number of methoxy groups -OCH3 is 2. The number of halogens is 2. The molecule has 5 amide bonds. The van der Waals surface area contributed by atoms with E-state index in [0.717, 1.165) is 43.1 Å². The lowest BCUT2D eigenvalue weighted by molar-refractivity contribution is -0.117. The number of nitrogens with zero attached hydrogens (tertiary/aromatic N) is 9. The molecule has 0 radical (unpaired) electrons. The first-order valence-corrected chi connectivity index (χ1v) is 36.0. The highest BCUT2D eigenvalue weighted by atomic mass is 35.5. The molecule has 23 heteroatoms. The number of hydrogen-bond acceptors (Lipinski definition) is 16. The molecule has 0 bridgehead atoms. The molecule has 6 heterocycles. The predicted octanol–water partition coefficient (Wildman–Crippen LogP) is 12.8. The third-order valence-electron chi connectivity index (χ3n) is 15.5. The fraction of sp³-hybridized carbons (Fsp3) is 0.595. The summed E-state index contributed by atoms with van der Waals surface area (Å²) in [6.07, 6.45) is 17.5. The van der Waals surface area contributed by atoms with Crippen LogP contribution < -0.4 is 26.7 Å². The molecule has 4 aromatic rings. The van der Waals surface area contributed by atoms with Gasteiger partial charge in [0.2, 0.25) is 5.91 Å². The van der Waals surface area contributed by atoms with Gasteiger partial charge in [0.05, 0.1) is 23.9 Å². The first kappa shape index (κ1) is 102. The first-order chi connectivity index (χ1) is 48.2. The van der Waals surface area contributed by atoms with Crippen LogP contribution in [0, 0.1) is 32.0 Å². The molecule has 5 fully saturated rings. The van der Waals surface area contributed by atoms with E-state index >= 15 is 0 Å². The fourth-order valence-corrected chi connectivity index (χ4v) is 9.13. The molecule has 0 unspecified atom stereocenters. The number of urea groups is 2. The number of hydrazine groups is 1. The van der Waals surface area contributed by atoms with Crippen molar-refractivity contribution in [2.45, 2.75) is 134 Å². The summed E-state index contributed by atoms with van der Waals surface area (Å²) < 4.78 is 22.5. The SMILES string of the molecule is C.C#CC.C=CC(=O)CC.CC(=O)Nc1cccc(C)c1.CCC(C)=O.CCN1CCCCC1.CCN1CCN(C)CC1.CN1CCCCC1.CN1CCN(C)CC1.CNC(=O)NN1CCN(C)CC1.CNC(=O)Nc1ccc(F)c(Cl)c1.COCc1cccc(C)c1.COCc1ccccn1. The van der Waals surface area contributed by atoms with Gasteiger partial charge in [0, 0.05) is 144 Å². The van der Waals surface area contributed by atoms with Crippen LogP contribution in [0.3, 0.4) is 0 Å². The normalized spacial score (nSPS) is 15.1. The van der Waals surface area contributed by atoms with Crippen LogP contribution in [0.1, 0.15) is 130 Å². The number of ketones is 2. The summed E-state index contributed by atoms with van der Waals surface area (Å²) >= 11 is 5.49. The van der Waals surface area contributed by atoms with Crippen LogP contribution in [0.2, 0.25) is 5.02 Å². The number of anilines is 2. The zero-order valence-corrected chi connectivity index (χ0v) is 66.2. The van der Waals surface area contributed by atoms with Crippen molar-refractivity contribution in [3.8, 4) is 12.3 Å². The zero-order chi connectivity index (χ0) is 76.6. The summed E-state index contributed by atoms with van der Waals surface area (Å²) in [6.45, 7) is 43.0. The van der Waals surface area contributed by atoms with E-state index in [0.29, 0.717) is 31.7 Å². The molecular formula is C79H138ClFN14O7. The van der Waals surface area contributed by atoms with Crippen LogP contribution in [0.4, 0.5) is 25.4 Å². The van der Waals surface area contributed by atoms with Gasteiger partial charge in [-0.1, -0.05) is 114 Å². The minimum absolute atomic E-state index is 0. The Labute approximate surface area is 623 Å². The second-order valence-corrected chi connectivity index (χ2v) is 25.0. The van der Waals surface area contributed by atoms with E-state index in [4.69, 9.17) is 21.1 Å². The van der Waals surface area contributed by atoms with Gasteiger partial charge >= 0.3 is 12.1 Å². The van der Waals surface area contributed by atoms with Crippen molar-refractivity contribution in [2.75, 3.05) is 192 Å². The number of aromatic nitrogens is 1. The number of likely N-dealkylation sites (tertiary alicyclic amines) is 2. The van der Waals surface area contributed by atoms with Crippen molar-refractivity contribution in [3.05, 3.63) is 137 Å². The third-order valence-corrected chi connectivity index (χ3v) is 15.8. The topological polar surface area (TPSA) is 203 Å². The maximum Gasteiger partial charge on any atom is 0.329 e. The molecule has 0 aliphatic carbocycles. The summed E-state index contributed by atoms with van der Waals surface area (Å²) in [5.41, 5.74) is 8.70. The monoisotopic (exact) mass is 1450 g/mol. The lowest BCUT2D eigenvalue weighted by atomic mass is 10.1. The number of ether oxygens (including phenoxy) is 2. The van der Waals surface area contributed by atoms with E-state index in [1.807, 2.05) is 74.3 Å². The summed E-state index contributed by atoms with van der Waals surface area (Å²) in [4.78, 5) is 73.0. The molecule has 3 aromatic carbocycles. The van der Waals surface area contributed by atoms with Gasteiger partial charge < -0.3 is 69.8 Å². The highest BCUT2D eigenvalue weighted by Gasteiger charge is 2.15. The number of piperazine rings is 3. The Morgan fingerprint density at radius 1 is 0.578 bits per heavy atom.